The lowest BCUT2D eigenvalue weighted by Crippen LogP contribution is -2.43. The number of aromatic amines is 1. The summed E-state index contributed by atoms with van der Waals surface area (Å²) in [6.45, 7) is 8.26. The molecule has 40 heavy (non-hydrogen) atoms. The highest BCUT2D eigenvalue weighted by atomic mass is 15.1. The average molecular weight is 544 g/mol. The predicted octanol–water partition coefficient (Wildman–Crippen LogP) is 10.9. The lowest BCUT2D eigenvalue weighted by Gasteiger charge is -2.37. The number of H-pyrrole nitrogens is 1. The molecule has 0 fully saturated rings. The van der Waals surface area contributed by atoms with Crippen LogP contribution in [0.15, 0.2) is 73.1 Å². The molecule has 220 valence electrons. The van der Waals surface area contributed by atoms with Crippen molar-refractivity contribution in [2.45, 2.75) is 148 Å². The smallest absolute Gasteiger partial charge is 0.247 e. The molecule has 0 aliphatic heterocycles. The van der Waals surface area contributed by atoms with Gasteiger partial charge in [0.2, 0.25) is 0 Å². The quantitative estimate of drug-likeness (QED) is 0.0960. The van der Waals surface area contributed by atoms with Crippen molar-refractivity contribution in [1.82, 2.24) is 4.98 Å². The van der Waals surface area contributed by atoms with Gasteiger partial charge in [-0.1, -0.05) is 165 Å². The number of imidazole rings is 1. The number of aryl methyl sites for hydroxylation is 1. The van der Waals surface area contributed by atoms with Crippen LogP contribution in [0.4, 0.5) is 0 Å². The minimum Gasteiger partial charge on any atom is -0.247 e. The molecule has 3 aromatic rings. The second kappa shape index (κ2) is 18.9. The van der Waals surface area contributed by atoms with Gasteiger partial charge >= 0.3 is 0 Å². The van der Waals surface area contributed by atoms with Gasteiger partial charge < -0.3 is 0 Å². The fraction of sp³-hybridized carbons (Fsp3) is 0.605. The Morgan fingerprint density at radius 2 is 1.18 bits per heavy atom. The molecule has 0 saturated heterocycles. The van der Waals surface area contributed by atoms with E-state index in [0.29, 0.717) is 5.92 Å². The summed E-state index contributed by atoms with van der Waals surface area (Å²) in [5.41, 5.74) is 2.90. The number of hydrogen-bond donors (Lipinski definition) is 1. The first kappa shape index (κ1) is 32.2. The van der Waals surface area contributed by atoms with E-state index in [1.807, 2.05) is 0 Å². The first-order valence-electron chi connectivity index (χ1n) is 16.8. The van der Waals surface area contributed by atoms with Gasteiger partial charge in [0.15, 0.2) is 0 Å². The van der Waals surface area contributed by atoms with Crippen molar-refractivity contribution in [1.29, 1.82) is 0 Å². The van der Waals surface area contributed by atoms with E-state index in [1.54, 1.807) is 0 Å². The van der Waals surface area contributed by atoms with E-state index in [-0.39, 0.29) is 5.41 Å². The van der Waals surface area contributed by atoms with Crippen molar-refractivity contribution in [2.75, 3.05) is 0 Å². The number of rotatable bonds is 22. The summed E-state index contributed by atoms with van der Waals surface area (Å²) in [5, 5.41) is 0. The number of nitrogens with zero attached hydrogens (tertiary/aromatic N) is 1. The molecule has 2 aromatic carbocycles. The highest BCUT2D eigenvalue weighted by Gasteiger charge is 2.41. The molecule has 0 aliphatic rings. The fourth-order valence-corrected chi connectivity index (χ4v) is 6.62. The summed E-state index contributed by atoms with van der Waals surface area (Å²) in [6, 6.07) is 22.5. The van der Waals surface area contributed by atoms with Gasteiger partial charge in [-0.3, -0.25) is 0 Å². The molecule has 0 aliphatic carbocycles. The van der Waals surface area contributed by atoms with Crippen molar-refractivity contribution >= 4 is 0 Å². The van der Waals surface area contributed by atoms with Crippen molar-refractivity contribution in [2.24, 2.45) is 0 Å². The highest BCUT2D eigenvalue weighted by Crippen LogP contribution is 2.43. The lowest BCUT2D eigenvalue weighted by molar-refractivity contribution is -0.705. The van der Waals surface area contributed by atoms with E-state index in [4.69, 9.17) is 0 Å². The Morgan fingerprint density at radius 1 is 0.650 bits per heavy atom. The molecule has 3 rings (SSSR count). The topological polar surface area (TPSA) is 19.7 Å². The zero-order valence-corrected chi connectivity index (χ0v) is 26.2. The summed E-state index contributed by atoms with van der Waals surface area (Å²) in [4.78, 5) is 3.77. The van der Waals surface area contributed by atoms with Crippen molar-refractivity contribution in [3.8, 4) is 0 Å². The zero-order chi connectivity index (χ0) is 28.3. The number of aromatic nitrogens is 2. The predicted molar refractivity (Wildman–Crippen MR) is 173 cm³/mol. The molecule has 0 bridgehead atoms. The average Bonchev–Trinajstić information content (AvgIpc) is 3.44. The van der Waals surface area contributed by atoms with E-state index in [1.165, 1.54) is 120 Å². The maximum atomic E-state index is 3.77. The number of nitrogens with one attached hydrogen (secondary N) is 1. The van der Waals surface area contributed by atoms with Gasteiger partial charge in [0.1, 0.15) is 12.4 Å². The van der Waals surface area contributed by atoms with Crippen LogP contribution in [-0.2, 0) is 18.4 Å². The van der Waals surface area contributed by atoms with Crippen LogP contribution < -0.4 is 4.57 Å². The number of benzene rings is 2. The maximum absolute atomic E-state index is 3.77. The third-order valence-corrected chi connectivity index (χ3v) is 9.09. The van der Waals surface area contributed by atoms with Gasteiger partial charge in [0, 0.05) is 5.41 Å². The molecular formula is C38H59N2+. The van der Waals surface area contributed by atoms with Crippen LogP contribution in [0.25, 0.3) is 0 Å². The summed E-state index contributed by atoms with van der Waals surface area (Å²) >= 11 is 0. The molecule has 0 saturated carbocycles. The molecule has 1 heterocycles. The monoisotopic (exact) mass is 543 g/mol. The standard InChI is InChI=1S/C38H58N2/c1-4-6-8-10-12-13-14-16-24-31-40-32-30-39-37(40)36(29-23-15-11-9-7-5-2)38(3,35-27-21-18-22-28-35)33-34-25-19-17-20-26-34/h17-22,25-28,30,32,36H,4-16,23-24,29,31,33H2,1-3H3/p+1. The van der Waals surface area contributed by atoms with E-state index in [0.717, 1.165) is 13.0 Å². The Bertz CT molecular complexity index is 1010. The van der Waals surface area contributed by atoms with E-state index in [9.17, 15) is 0 Å². The SMILES string of the molecule is CCCCCCCCCCC[n+]1cc[nH]c1C(CCCCCCCC)C(C)(Cc1ccccc1)c1ccccc1. The minimum absolute atomic E-state index is 0.0110. The molecule has 2 heteroatoms. The summed E-state index contributed by atoms with van der Waals surface area (Å²) in [6.07, 6.45) is 27.2. The zero-order valence-electron chi connectivity index (χ0n) is 26.2. The van der Waals surface area contributed by atoms with Crippen molar-refractivity contribution in [3.05, 3.63) is 90.0 Å². The Hall–Kier alpha value is -2.35. The Balaban J connectivity index is 1.75. The van der Waals surface area contributed by atoms with Gasteiger partial charge in [-0.25, -0.2) is 9.55 Å². The van der Waals surface area contributed by atoms with Crippen LogP contribution >= 0.6 is 0 Å². The van der Waals surface area contributed by atoms with Crippen LogP contribution in [0, 0.1) is 0 Å². The number of hydrogen-bond acceptors (Lipinski definition) is 0. The van der Waals surface area contributed by atoms with Crippen LogP contribution in [0.1, 0.15) is 146 Å². The van der Waals surface area contributed by atoms with Crippen LogP contribution in [0.5, 0.6) is 0 Å². The Labute approximate surface area is 247 Å². The molecule has 0 spiro atoms. The van der Waals surface area contributed by atoms with Crippen LogP contribution in [-0.4, -0.2) is 4.98 Å². The molecular weight excluding hydrogens is 484 g/mol. The van der Waals surface area contributed by atoms with Gasteiger partial charge in [0.05, 0.1) is 12.5 Å². The summed E-state index contributed by atoms with van der Waals surface area (Å²) < 4.78 is 2.56. The molecule has 1 N–H and O–H groups in total. The first-order chi connectivity index (χ1) is 19.7. The fourth-order valence-electron chi connectivity index (χ4n) is 6.62. The van der Waals surface area contributed by atoms with Gasteiger partial charge in [-0.05, 0) is 36.8 Å². The third-order valence-electron chi connectivity index (χ3n) is 9.09. The van der Waals surface area contributed by atoms with E-state index >= 15 is 0 Å². The van der Waals surface area contributed by atoms with Gasteiger partial charge in [-0.15, -0.1) is 0 Å². The molecule has 0 radical (unpaired) electrons. The van der Waals surface area contributed by atoms with Crippen LogP contribution in [0.3, 0.4) is 0 Å². The highest BCUT2D eigenvalue weighted by molar-refractivity contribution is 5.32. The molecule has 2 nitrogen and oxygen atoms in total. The van der Waals surface area contributed by atoms with Crippen LogP contribution in [0.2, 0.25) is 0 Å². The largest absolute Gasteiger partial charge is 0.258 e. The van der Waals surface area contributed by atoms with Gasteiger partial charge in [-0.2, -0.15) is 0 Å². The molecule has 1 aromatic heterocycles. The maximum Gasteiger partial charge on any atom is 0.258 e. The normalized spacial score (nSPS) is 13.8. The van der Waals surface area contributed by atoms with E-state index < -0.39 is 0 Å². The summed E-state index contributed by atoms with van der Waals surface area (Å²) in [7, 11) is 0. The molecule has 2 unspecified atom stereocenters. The van der Waals surface area contributed by atoms with Crippen molar-refractivity contribution < 1.29 is 4.57 Å². The first-order valence-corrected chi connectivity index (χ1v) is 16.8. The van der Waals surface area contributed by atoms with E-state index in [2.05, 4.69) is 103 Å². The molecule has 0 amide bonds. The Morgan fingerprint density at radius 3 is 1.77 bits per heavy atom. The van der Waals surface area contributed by atoms with Crippen molar-refractivity contribution in [3.63, 3.8) is 0 Å². The minimum atomic E-state index is 0.0110. The lowest BCUT2D eigenvalue weighted by atomic mass is 9.66. The second-order valence-electron chi connectivity index (χ2n) is 12.4. The molecule has 2 atom stereocenters. The second-order valence-corrected chi connectivity index (χ2v) is 12.4. The third kappa shape index (κ3) is 10.6. The van der Waals surface area contributed by atoms with Gasteiger partial charge in [0.25, 0.3) is 5.82 Å². The Kier molecular flexibility index (Phi) is 15.2. The summed E-state index contributed by atoms with van der Waals surface area (Å²) in [5.74, 6) is 1.87. The number of unbranched alkanes of at least 4 members (excludes halogenated alkanes) is 13.